The van der Waals surface area contributed by atoms with Gasteiger partial charge >= 0.3 is 6.03 Å². The van der Waals surface area contributed by atoms with E-state index in [9.17, 15) is 13.6 Å². The van der Waals surface area contributed by atoms with Crippen LogP contribution in [-0.2, 0) is 4.74 Å². The number of ether oxygens (including phenoxy) is 1. The molecule has 1 aliphatic heterocycles. The van der Waals surface area contributed by atoms with Gasteiger partial charge in [0.25, 0.3) is 0 Å². The summed E-state index contributed by atoms with van der Waals surface area (Å²) in [6.07, 6.45) is 1.86. The van der Waals surface area contributed by atoms with E-state index < -0.39 is 17.7 Å². The molecule has 1 aliphatic rings. The number of amides is 2. The number of anilines is 1. The van der Waals surface area contributed by atoms with E-state index in [-0.39, 0.29) is 17.8 Å². The number of benzene rings is 1. The quantitative estimate of drug-likeness (QED) is 0.887. The van der Waals surface area contributed by atoms with Crippen LogP contribution < -0.4 is 10.6 Å². The number of hydrogen-bond acceptors (Lipinski definition) is 2. The molecule has 2 N–H and O–H groups in total. The number of hydrogen-bond donors (Lipinski definition) is 2. The third-order valence-electron chi connectivity index (χ3n) is 3.06. The van der Waals surface area contributed by atoms with E-state index in [1.54, 1.807) is 0 Å². The highest BCUT2D eigenvalue weighted by Crippen LogP contribution is 2.17. The van der Waals surface area contributed by atoms with Crippen LogP contribution in [-0.4, -0.2) is 24.8 Å². The van der Waals surface area contributed by atoms with Gasteiger partial charge in [0.05, 0.1) is 17.8 Å². The number of carbonyl (C=O) groups is 1. The second-order valence-electron chi connectivity index (χ2n) is 4.56. The lowest BCUT2D eigenvalue weighted by Crippen LogP contribution is -2.43. The maximum Gasteiger partial charge on any atom is 0.319 e. The van der Waals surface area contributed by atoms with Gasteiger partial charge in [-0.3, -0.25) is 0 Å². The number of urea groups is 1. The Kier molecular flexibility index (Phi) is 4.31. The van der Waals surface area contributed by atoms with Crippen molar-refractivity contribution in [2.75, 3.05) is 11.9 Å². The molecule has 0 bridgehead atoms. The van der Waals surface area contributed by atoms with Crippen molar-refractivity contribution in [1.29, 1.82) is 0 Å². The van der Waals surface area contributed by atoms with Crippen LogP contribution in [0.1, 0.15) is 19.8 Å². The van der Waals surface area contributed by atoms with Crippen LogP contribution in [0.4, 0.5) is 19.3 Å². The van der Waals surface area contributed by atoms with E-state index in [2.05, 4.69) is 10.6 Å². The van der Waals surface area contributed by atoms with E-state index in [4.69, 9.17) is 4.74 Å². The second kappa shape index (κ2) is 5.97. The molecule has 0 aliphatic carbocycles. The molecule has 4 nitrogen and oxygen atoms in total. The molecule has 2 atom stereocenters. The van der Waals surface area contributed by atoms with Crippen molar-refractivity contribution in [3.63, 3.8) is 0 Å². The first-order valence-electron chi connectivity index (χ1n) is 6.20. The monoisotopic (exact) mass is 270 g/mol. The molecule has 1 heterocycles. The van der Waals surface area contributed by atoms with Gasteiger partial charge in [0.15, 0.2) is 0 Å². The first kappa shape index (κ1) is 13.7. The fourth-order valence-corrected chi connectivity index (χ4v) is 2.05. The van der Waals surface area contributed by atoms with Gasteiger partial charge < -0.3 is 15.4 Å². The minimum absolute atomic E-state index is 0.0104. The van der Waals surface area contributed by atoms with Gasteiger partial charge in [-0.2, -0.15) is 0 Å². The molecule has 1 aromatic carbocycles. The van der Waals surface area contributed by atoms with Crippen molar-refractivity contribution in [2.24, 2.45) is 0 Å². The van der Waals surface area contributed by atoms with E-state index >= 15 is 0 Å². The van der Waals surface area contributed by atoms with Gasteiger partial charge in [-0.25, -0.2) is 13.6 Å². The molecular weight excluding hydrogens is 254 g/mol. The fraction of sp³-hybridized carbons (Fsp3) is 0.462. The summed E-state index contributed by atoms with van der Waals surface area (Å²) in [6.45, 7) is 2.53. The van der Waals surface area contributed by atoms with Crippen molar-refractivity contribution >= 4 is 11.7 Å². The van der Waals surface area contributed by atoms with Gasteiger partial charge in [0.2, 0.25) is 0 Å². The lowest BCUT2D eigenvalue weighted by molar-refractivity contribution is 0.0868. The zero-order valence-corrected chi connectivity index (χ0v) is 10.6. The van der Waals surface area contributed by atoms with E-state index in [0.29, 0.717) is 6.61 Å². The zero-order chi connectivity index (χ0) is 13.8. The van der Waals surface area contributed by atoms with Crippen molar-refractivity contribution < 1.29 is 18.3 Å². The Hall–Kier alpha value is -1.69. The molecule has 1 saturated heterocycles. The van der Waals surface area contributed by atoms with E-state index in [1.807, 2.05) is 6.92 Å². The van der Waals surface area contributed by atoms with Crippen molar-refractivity contribution in [3.05, 3.63) is 29.8 Å². The summed E-state index contributed by atoms with van der Waals surface area (Å²) in [7, 11) is 0. The number of rotatable bonds is 3. The fourth-order valence-electron chi connectivity index (χ4n) is 2.05. The first-order chi connectivity index (χ1) is 9.06. The van der Waals surface area contributed by atoms with Gasteiger partial charge in [0.1, 0.15) is 11.6 Å². The summed E-state index contributed by atoms with van der Waals surface area (Å²) in [4.78, 5) is 11.7. The lowest BCUT2D eigenvalue weighted by atomic mass is 10.1. The third kappa shape index (κ3) is 3.64. The molecule has 0 saturated carbocycles. The molecule has 0 aromatic heterocycles. The first-order valence-corrected chi connectivity index (χ1v) is 6.20. The third-order valence-corrected chi connectivity index (χ3v) is 3.06. The van der Waals surface area contributed by atoms with Crippen LogP contribution in [0.5, 0.6) is 0 Å². The minimum atomic E-state index is -0.806. The van der Waals surface area contributed by atoms with E-state index in [1.165, 1.54) is 6.07 Å². The Morgan fingerprint density at radius 1 is 1.47 bits per heavy atom. The molecule has 19 heavy (non-hydrogen) atoms. The molecule has 1 fully saturated rings. The van der Waals surface area contributed by atoms with Gasteiger partial charge in [-0.1, -0.05) is 0 Å². The van der Waals surface area contributed by atoms with E-state index in [0.717, 1.165) is 25.0 Å². The molecular formula is C13H16F2N2O2. The van der Waals surface area contributed by atoms with Crippen LogP contribution in [0, 0.1) is 11.6 Å². The molecule has 0 radical (unpaired) electrons. The Labute approximate surface area is 110 Å². The molecule has 0 unspecified atom stereocenters. The Morgan fingerprint density at radius 3 is 2.89 bits per heavy atom. The van der Waals surface area contributed by atoms with Crippen LogP contribution in [0.15, 0.2) is 18.2 Å². The zero-order valence-electron chi connectivity index (χ0n) is 10.6. The topological polar surface area (TPSA) is 50.4 Å². The summed E-state index contributed by atoms with van der Waals surface area (Å²) in [5, 5.41) is 5.02. The molecule has 0 spiro atoms. The van der Waals surface area contributed by atoms with Crippen molar-refractivity contribution in [1.82, 2.24) is 5.32 Å². The number of halogens is 2. The average Bonchev–Trinajstić information content (AvgIpc) is 2.86. The molecule has 1 aromatic rings. The smallest absolute Gasteiger partial charge is 0.319 e. The van der Waals surface area contributed by atoms with Gasteiger partial charge in [-0.15, -0.1) is 0 Å². The van der Waals surface area contributed by atoms with Crippen molar-refractivity contribution in [3.8, 4) is 0 Å². The second-order valence-corrected chi connectivity index (χ2v) is 4.56. The van der Waals surface area contributed by atoms with Gasteiger partial charge in [-0.05, 0) is 31.9 Å². The summed E-state index contributed by atoms with van der Waals surface area (Å²) in [5.41, 5.74) is -0.0570. The predicted octanol–water partition coefficient (Wildman–Crippen LogP) is 2.65. The lowest BCUT2D eigenvalue weighted by Gasteiger charge is -2.20. The standard InChI is InChI=1S/C13H16F2N2O2/c1-8(12-3-2-6-19-12)16-13(18)17-11-5-4-9(14)7-10(11)15/h4-5,7-8,12H,2-3,6H2,1H3,(H2,16,17,18)/t8-,12-/m0/s1. The predicted molar refractivity (Wildman–Crippen MR) is 66.9 cm³/mol. The molecule has 2 rings (SSSR count). The Bertz CT molecular complexity index is 462. The highest BCUT2D eigenvalue weighted by Gasteiger charge is 2.23. The van der Waals surface area contributed by atoms with Crippen LogP contribution >= 0.6 is 0 Å². The molecule has 6 heteroatoms. The molecule has 2 amide bonds. The van der Waals surface area contributed by atoms with Gasteiger partial charge in [0, 0.05) is 12.7 Å². The summed E-state index contributed by atoms with van der Waals surface area (Å²) < 4.78 is 31.5. The number of nitrogens with one attached hydrogen (secondary N) is 2. The Balaban J connectivity index is 1.89. The van der Waals surface area contributed by atoms with Crippen LogP contribution in [0.3, 0.4) is 0 Å². The minimum Gasteiger partial charge on any atom is -0.376 e. The summed E-state index contributed by atoms with van der Waals surface area (Å²) in [5.74, 6) is -1.49. The molecule has 104 valence electrons. The SMILES string of the molecule is C[C@H](NC(=O)Nc1ccc(F)cc1F)[C@@H]1CCCO1. The average molecular weight is 270 g/mol. The maximum atomic E-state index is 13.3. The largest absolute Gasteiger partial charge is 0.376 e. The highest BCUT2D eigenvalue weighted by molar-refractivity contribution is 5.89. The van der Waals surface area contributed by atoms with Crippen molar-refractivity contribution in [2.45, 2.75) is 31.9 Å². The summed E-state index contributed by atoms with van der Waals surface area (Å²) >= 11 is 0. The normalized spacial score (nSPS) is 20.1. The Morgan fingerprint density at radius 2 is 2.26 bits per heavy atom. The highest BCUT2D eigenvalue weighted by atomic mass is 19.1. The number of carbonyl (C=O) groups excluding carboxylic acids is 1. The summed E-state index contributed by atoms with van der Waals surface area (Å²) in [6, 6.07) is 2.29. The van der Waals surface area contributed by atoms with Crippen LogP contribution in [0.25, 0.3) is 0 Å². The maximum absolute atomic E-state index is 13.3. The van der Waals surface area contributed by atoms with Crippen LogP contribution in [0.2, 0.25) is 0 Å².